The highest BCUT2D eigenvalue weighted by Gasteiger charge is 2.16. The first-order valence-corrected chi connectivity index (χ1v) is 13.0. The lowest BCUT2D eigenvalue weighted by Gasteiger charge is -2.22. The molecule has 3 N–H and O–H groups in total. The minimum atomic E-state index is -0.127. The summed E-state index contributed by atoms with van der Waals surface area (Å²) in [6.45, 7) is 4.90. The number of aryl methyl sites for hydroxylation is 1. The lowest BCUT2D eigenvalue weighted by atomic mass is 9.92. The summed E-state index contributed by atoms with van der Waals surface area (Å²) in [6, 6.07) is 13.9. The molecule has 7 nitrogen and oxygen atoms in total. The number of thioether (sulfide) groups is 1. The second-order valence-electron chi connectivity index (χ2n) is 8.16. The van der Waals surface area contributed by atoms with Crippen LogP contribution in [0.5, 0.6) is 0 Å². The van der Waals surface area contributed by atoms with E-state index in [0.717, 1.165) is 53.1 Å². The number of imidazole rings is 1. The predicted molar refractivity (Wildman–Crippen MR) is 141 cm³/mol. The quantitative estimate of drug-likeness (QED) is 0.302. The summed E-state index contributed by atoms with van der Waals surface area (Å²) in [4.78, 5) is 26.2. The molecule has 0 saturated carbocycles. The molecule has 0 aliphatic heterocycles. The third-order valence-corrected chi connectivity index (χ3v) is 6.82. The highest BCUT2D eigenvalue weighted by molar-refractivity contribution is 7.98. The zero-order valence-corrected chi connectivity index (χ0v) is 21.3. The summed E-state index contributed by atoms with van der Waals surface area (Å²) < 4.78 is 0. The number of benzene rings is 1. The first kappa shape index (κ1) is 26.1. The van der Waals surface area contributed by atoms with E-state index >= 15 is 0 Å². The third-order valence-electron chi connectivity index (χ3n) is 5.60. The van der Waals surface area contributed by atoms with Gasteiger partial charge in [0.05, 0.1) is 12.0 Å². The first-order chi connectivity index (χ1) is 16.5. The molecule has 0 bridgehead atoms. The van der Waals surface area contributed by atoms with Gasteiger partial charge in [-0.2, -0.15) is 11.8 Å². The van der Waals surface area contributed by atoms with E-state index in [-0.39, 0.29) is 11.9 Å². The number of hydrogen-bond acceptors (Lipinski definition) is 5. The Bertz CT molecular complexity index is 998. The van der Waals surface area contributed by atoms with Gasteiger partial charge in [0.25, 0.3) is 0 Å². The van der Waals surface area contributed by atoms with E-state index < -0.39 is 0 Å². The molecule has 9 heteroatoms. The Morgan fingerprint density at radius 2 is 1.91 bits per heavy atom. The Labute approximate surface area is 211 Å². The van der Waals surface area contributed by atoms with E-state index in [2.05, 4.69) is 55.7 Å². The number of carbonyl (C=O) groups is 1. The predicted octanol–water partition coefficient (Wildman–Crippen LogP) is 4.45. The third kappa shape index (κ3) is 8.66. The highest BCUT2D eigenvalue weighted by atomic mass is 35.5. The molecule has 0 aliphatic rings. The zero-order valence-electron chi connectivity index (χ0n) is 19.8. The molecule has 2 heterocycles. The van der Waals surface area contributed by atoms with Crippen LogP contribution < -0.4 is 10.6 Å². The van der Waals surface area contributed by atoms with E-state index in [0.29, 0.717) is 13.1 Å². The molecule has 34 heavy (non-hydrogen) atoms. The summed E-state index contributed by atoms with van der Waals surface area (Å²) >= 11 is 7.83. The summed E-state index contributed by atoms with van der Waals surface area (Å²) in [7, 11) is 2.07. The van der Waals surface area contributed by atoms with Crippen LogP contribution in [0.25, 0.3) is 0 Å². The van der Waals surface area contributed by atoms with Crippen LogP contribution in [0.4, 0.5) is 4.79 Å². The average molecular weight is 501 g/mol. The van der Waals surface area contributed by atoms with Crippen molar-refractivity contribution in [2.45, 2.75) is 25.0 Å². The first-order valence-electron chi connectivity index (χ1n) is 11.5. The summed E-state index contributed by atoms with van der Waals surface area (Å²) in [5, 5.41) is 6.58. The maximum absolute atomic E-state index is 12.0. The molecule has 1 atom stereocenters. The second kappa shape index (κ2) is 14.0. The number of urea groups is 1. The monoisotopic (exact) mass is 500 g/mol. The number of hydrogen-bond donors (Lipinski definition) is 3. The number of H-pyrrole nitrogens is 1. The molecule has 3 aromatic rings. The molecular weight excluding hydrogens is 468 g/mol. The Hall–Kier alpha value is -2.55. The lowest BCUT2D eigenvalue weighted by Crippen LogP contribution is -2.40. The minimum Gasteiger partial charge on any atom is -0.348 e. The molecule has 0 radical (unpaired) electrons. The van der Waals surface area contributed by atoms with Crippen molar-refractivity contribution in [3.05, 3.63) is 82.7 Å². The van der Waals surface area contributed by atoms with Gasteiger partial charge in [-0.25, -0.2) is 9.78 Å². The maximum Gasteiger partial charge on any atom is 0.314 e. The fourth-order valence-electron chi connectivity index (χ4n) is 3.58. The zero-order chi connectivity index (χ0) is 24.2. The van der Waals surface area contributed by atoms with Gasteiger partial charge in [-0.05, 0) is 56.8 Å². The number of carbonyl (C=O) groups excluding carboxylic acids is 1. The number of rotatable bonds is 13. The summed E-state index contributed by atoms with van der Waals surface area (Å²) in [5.41, 5.74) is 4.42. The summed E-state index contributed by atoms with van der Waals surface area (Å²) in [6.07, 6.45) is 4.47. The van der Waals surface area contributed by atoms with Gasteiger partial charge < -0.3 is 20.5 Å². The molecule has 1 aromatic carbocycles. The van der Waals surface area contributed by atoms with Crippen LogP contribution in [-0.4, -0.2) is 64.9 Å². The Morgan fingerprint density at radius 1 is 1.12 bits per heavy atom. The number of amides is 2. The van der Waals surface area contributed by atoms with Crippen LogP contribution in [-0.2, 0) is 5.75 Å². The van der Waals surface area contributed by atoms with Crippen molar-refractivity contribution in [1.29, 1.82) is 0 Å². The number of nitrogens with zero attached hydrogens (tertiary/aromatic N) is 3. The van der Waals surface area contributed by atoms with Crippen molar-refractivity contribution in [2.75, 3.05) is 39.0 Å². The van der Waals surface area contributed by atoms with Gasteiger partial charge in [-0.3, -0.25) is 4.98 Å². The molecule has 0 fully saturated rings. The SMILES string of the molecule is Cc1[nH]cnc1CSCCNC(=O)NCCN(C)CCC(c1ccc(Cl)cc1)c1ccccn1. The average Bonchev–Trinajstić information content (AvgIpc) is 3.25. The highest BCUT2D eigenvalue weighted by Crippen LogP contribution is 2.27. The van der Waals surface area contributed by atoms with Crippen molar-refractivity contribution in [1.82, 2.24) is 30.5 Å². The van der Waals surface area contributed by atoms with E-state index in [1.54, 1.807) is 18.1 Å². The van der Waals surface area contributed by atoms with Gasteiger partial charge >= 0.3 is 6.03 Å². The summed E-state index contributed by atoms with van der Waals surface area (Å²) in [5.74, 6) is 1.89. The Kier molecular flexibility index (Phi) is 10.7. The van der Waals surface area contributed by atoms with Crippen LogP contribution in [0, 0.1) is 6.92 Å². The number of nitrogens with one attached hydrogen (secondary N) is 3. The standard InChI is InChI=1S/C25H33ClN6OS/c1-19-24(31-18-30-19)17-34-16-13-29-25(33)28-12-15-32(2)14-10-22(23-5-3-4-11-27-23)20-6-8-21(26)9-7-20/h3-9,11,18,22H,10,12-17H2,1-2H3,(H,30,31)(H2,28,29,33). The van der Waals surface area contributed by atoms with Gasteiger partial charge in [0, 0.05) is 59.7 Å². The van der Waals surface area contributed by atoms with Crippen molar-refractivity contribution < 1.29 is 4.79 Å². The maximum atomic E-state index is 12.0. The van der Waals surface area contributed by atoms with E-state index in [1.165, 1.54) is 5.56 Å². The normalized spacial score (nSPS) is 12.0. The molecule has 182 valence electrons. The Balaban J connectivity index is 1.34. The molecule has 3 rings (SSSR count). The number of halogens is 1. The topological polar surface area (TPSA) is 85.9 Å². The number of aromatic nitrogens is 3. The van der Waals surface area contributed by atoms with Crippen molar-refractivity contribution in [2.24, 2.45) is 0 Å². The molecular formula is C25H33ClN6OS. The number of likely N-dealkylation sites (N-methyl/N-ethyl adjacent to an activating group) is 1. The van der Waals surface area contributed by atoms with Crippen LogP contribution in [0.3, 0.4) is 0 Å². The van der Waals surface area contributed by atoms with E-state index in [9.17, 15) is 4.79 Å². The molecule has 0 saturated heterocycles. The second-order valence-corrected chi connectivity index (χ2v) is 9.70. The Morgan fingerprint density at radius 3 is 2.62 bits per heavy atom. The van der Waals surface area contributed by atoms with Gasteiger partial charge in [-0.15, -0.1) is 0 Å². The largest absolute Gasteiger partial charge is 0.348 e. The van der Waals surface area contributed by atoms with Crippen LogP contribution >= 0.6 is 23.4 Å². The van der Waals surface area contributed by atoms with Crippen molar-refractivity contribution >= 4 is 29.4 Å². The van der Waals surface area contributed by atoms with Gasteiger partial charge in [0.15, 0.2) is 0 Å². The van der Waals surface area contributed by atoms with Gasteiger partial charge in [0.1, 0.15) is 0 Å². The minimum absolute atomic E-state index is 0.127. The molecule has 0 aliphatic carbocycles. The number of aromatic amines is 1. The van der Waals surface area contributed by atoms with Crippen LogP contribution in [0.2, 0.25) is 5.02 Å². The van der Waals surface area contributed by atoms with E-state index in [1.807, 2.05) is 37.4 Å². The lowest BCUT2D eigenvalue weighted by molar-refractivity contribution is 0.238. The molecule has 1 unspecified atom stereocenters. The molecule has 2 amide bonds. The van der Waals surface area contributed by atoms with Crippen LogP contribution in [0.15, 0.2) is 55.0 Å². The van der Waals surface area contributed by atoms with Gasteiger partial charge in [-0.1, -0.05) is 29.8 Å². The van der Waals surface area contributed by atoms with Crippen LogP contribution in [0.1, 0.15) is 35.0 Å². The fraction of sp³-hybridized carbons (Fsp3) is 0.400. The fourth-order valence-corrected chi connectivity index (χ4v) is 4.59. The smallest absolute Gasteiger partial charge is 0.314 e. The van der Waals surface area contributed by atoms with Crippen molar-refractivity contribution in [3.63, 3.8) is 0 Å². The van der Waals surface area contributed by atoms with Gasteiger partial charge in [0.2, 0.25) is 0 Å². The number of pyridine rings is 1. The molecule has 0 spiro atoms. The molecule has 2 aromatic heterocycles. The van der Waals surface area contributed by atoms with Crippen molar-refractivity contribution in [3.8, 4) is 0 Å². The van der Waals surface area contributed by atoms with E-state index in [4.69, 9.17) is 11.6 Å².